The summed E-state index contributed by atoms with van der Waals surface area (Å²) in [5.41, 5.74) is 1.67. The van der Waals surface area contributed by atoms with Crippen LogP contribution in [0.5, 0.6) is 0 Å². The summed E-state index contributed by atoms with van der Waals surface area (Å²) in [5, 5.41) is 2.74. The lowest BCUT2D eigenvalue weighted by molar-refractivity contribution is -0.120. The van der Waals surface area contributed by atoms with Gasteiger partial charge in [0.15, 0.2) is 0 Å². The maximum Gasteiger partial charge on any atom is 0.253 e. The van der Waals surface area contributed by atoms with Gasteiger partial charge in [0.05, 0.1) is 23.3 Å². The van der Waals surface area contributed by atoms with Crippen LogP contribution in [0.2, 0.25) is 0 Å². The molecule has 1 aromatic carbocycles. The van der Waals surface area contributed by atoms with Gasteiger partial charge in [0.2, 0.25) is 11.8 Å². The van der Waals surface area contributed by atoms with E-state index in [-0.39, 0.29) is 30.0 Å². The molecule has 8 heteroatoms. The highest BCUT2D eigenvalue weighted by Gasteiger charge is 2.28. The van der Waals surface area contributed by atoms with Crippen LogP contribution in [0.15, 0.2) is 47.6 Å². The van der Waals surface area contributed by atoms with E-state index in [2.05, 4.69) is 10.3 Å². The van der Waals surface area contributed by atoms with Crippen molar-refractivity contribution in [2.24, 2.45) is 0 Å². The summed E-state index contributed by atoms with van der Waals surface area (Å²) < 4.78 is 0. The molecule has 0 aliphatic carbocycles. The minimum absolute atomic E-state index is 0.0874. The minimum atomic E-state index is -0.320. The fraction of sp³-hybridized carbons (Fsp3) is 0.300. The van der Waals surface area contributed by atoms with Crippen molar-refractivity contribution in [1.82, 2.24) is 9.88 Å². The van der Waals surface area contributed by atoms with Gasteiger partial charge in [0.25, 0.3) is 5.91 Å². The topological polar surface area (TPSA) is 82.6 Å². The minimum Gasteiger partial charge on any atom is -0.339 e. The zero-order valence-electron chi connectivity index (χ0n) is 15.8. The highest BCUT2D eigenvalue weighted by molar-refractivity contribution is 8.00. The second kappa shape index (κ2) is 8.88. The Balaban J connectivity index is 1.83. The lowest BCUT2D eigenvalue weighted by Gasteiger charge is -2.29. The van der Waals surface area contributed by atoms with Gasteiger partial charge in [-0.15, -0.1) is 11.8 Å². The maximum atomic E-state index is 12.7. The van der Waals surface area contributed by atoms with Gasteiger partial charge in [-0.3, -0.25) is 19.4 Å². The van der Waals surface area contributed by atoms with E-state index < -0.39 is 0 Å². The first-order valence-electron chi connectivity index (χ1n) is 9.09. The van der Waals surface area contributed by atoms with Crippen LogP contribution in [0.1, 0.15) is 24.2 Å². The Morgan fingerprint density at radius 3 is 2.71 bits per heavy atom. The van der Waals surface area contributed by atoms with E-state index in [0.717, 1.165) is 4.90 Å². The summed E-state index contributed by atoms with van der Waals surface area (Å²) in [7, 11) is 0. The summed E-state index contributed by atoms with van der Waals surface area (Å²) >= 11 is 1.41. The van der Waals surface area contributed by atoms with E-state index in [1.165, 1.54) is 16.7 Å². The number of fused-ring (bicyclic) bond motifs is 1. The Morgan fingerprint density at radius 2 is 2.04 bits per heavy atom. The molecule has 0 saturated carbocycles. The predicted octanol–water partition coefficient (Wildman–Crippen LogP) is 2.64. The van der Waals surface area contributed by atoms with Gasteiger partial charge >= 0.3 is 0 Å². The van der Waals surface area contributed by atoms with Gasteiger partial charge in [-0.2, -0.15) is 0 Å². The molecule has 0 bridgehead atoms. The molecule has 3 amide bonds. The van der Waals surface area contributed by atoms with Gasteiger partial charge in [-0.1, -0.05) is 0 Å². The molecule has 0 saturated heterocycles. The number of hydrogen-bond acceptors (Lipinski definition) is 5. The lowest BCUT2D eigenvalue weighted by Crippen LogP contribution is -2.41. The average molecular weight is 398 g/mol. The number of carbonyl (C=O) groups excluding carboxylic acids is 3. The van der Waals surface area contributed by atoms with Crippen molar-refractivity contribution in [2.45, 2.75) is 18.7 Å². The highest BCUT2D eigenvalue weighted by Crippen LogP contribution is 2.36. The van der Waals surface area contributed by atoms with E-state index >= 15 is 0 Å². The van der Waals surface area contributed by atoms with Gasteiger partial charge in [-0.05, 0) is 44.2 Å². The Morgan fingerprint density at radius 1 is 1.25 bits per heavy atom. The molecule has 1 aliphatic rings. The Bertz CT molecular complexity index is 884. The third-order valence-corrected chi connectivity index (χ3v) is 5.49. The quantitative estimate of drug-likeness (QED) is 0.809. The monoisotopic (exact) mass is 398 g/mol. The van der Waals surface area contributed by atoms with Crippen molar-refractivity contribution in [3.63, 3.8) is 0 Å². The van der Waals surface area contributed by atoms with E-state index in [1.807, 2.05) is 19.9 Å². The summed E-state index contributed by atoms with van der Waals surface area (Å²) in [6.45, 7) is 4.95. The molecule has 1 aliphatic heterocycles. The van der Waals surface area contributed by atoms with Gasteiger partial charge < -0.3 is 15.1 Å². The van der Waals surface area contributed by atoms with Crippen LogP contribution < -0.4 is 10.2 Å². The molecule has 0 spiro atoms. The van der Waals surface area contributed by atoms with Crippen molar-refractivity contribution in [1.29, 1.82) is 0 Å². The van der Waals surface area contributed by atoms with Crippen LogP contribution in [-0.4, -0.2) is 53.0 Å². The highest BCUT2D eigenvalue weighted by atomic mass is 32.2. The van der Waals surface area contributed by atoms with Gasteiger partial charge in [0, 0.05) is 29.7 Å². The number of hydrogen-bond donors (Lipinski definition) is 1. The van der Waals surface area contributed by atoms with Crippen molar-refractivity contribution < 1.29 is 14.4 Å². The normalized spacial score (nSPS) is 13.1. The second-order valence-electron chi connectivity index (χ2n) is 6.22. The number of nitrogens with zero attached hydrogens (tertiary/aromatic N) is 3. The van der Waals surface area contributed by atoms with Crippen molar-refractivity contribution in [3.8, 4) is 0 Å². The molecule has 0 radical (unpaired) electrons. The van der Waals surface area contributed by atoms with E-state index in [1.54, 1.807) is 41.6 Å². The smallest absolute Gasteiger partial charge is 0.253 e. The first-order valence-corrected chi connectivity index (χ1v) is 10.1. The molecule has 2 heterocycles. The third-order valence-electron chi connectivity index (χ3n) is 4.45. The summed E-state index contributed by atoms with van der Waals surface area (Å²) in [4.78, 5) is 45.6. The van der Waals surface area contributed by atoms with Crippen LogP contribution in [0, 0.1) is 0 Å². The molecule has 0 unspecified atom stereocenters. The predicted molar refractivity (Wildman–Crippen MR) is 110 cm³/mol. The summed E-state index contributed by atoms with van der Waals surface area (Å²) in [5.74, 6) is -0.308. The Hall–Kier alpha value is -2.87. The number of anilines is 2. The molecular formula is C20H22N4O3S. The van der Waals surface area contributed by atoms with E-state index in [4.69, 9.17) is 0 Å². The fourth-order valence-electron chi connectivity index (χ4n) is 2.98. The standard InChI is InChI=1S/C20H22N4O3S/c1-3-23(4-2)20(27)14-7-8-17-16(10-14)24(19(26)13-28-17)12-18(25)22-15-6-5-9-21-11-15/h5-11H,3-4,12-13H2,1-2H3,(H,22,25). The van der Waals surface area contributed by atoms with Gasteiger partial charge in [-0.25, -0.2) is 0 Å². The van der Waals surface area contributed by atoms with Crippen molar-refractivity contribution in [2.75, 3.05) is 35.6 Å². The number of benzene rings is 1. The summed E-state index contributed by atoms with van der Waals surface area (Å²) in [6.07, 6.45) is 3.16. The third kappa shape index (κ3) is 4.33. The Kier molecular flexibility index (Phi) is 6.30. The SMILES string of the molecule is CCN(CC)C(=O)c1ccc2c(c1)N(CC(=O)Nc1cccnc1)C(=O)CS2. The zero-order valence-corrected chi connectivity index (χ0v) is 16.7. The maximum absolute atomic E-state index is 12.7. The molecule has 1 aromatic heterocycles. The van der Waals surface area contributed by atoms with Crippen LogP contribution >= 0.6 is 11.8 Å². The molecule has 7 nitrogen and oxygen atoms in total. The number of pyridine rings is 1. The molecule has 28 heavy (non-hydrogen) atoms. The number of rotatable bonds is 6. The first-order chi connectivity index (χ1) is 13.5. The summed E-state index contributed by atoms with van der Waals surface area (Å²) in [6, 6.07) is 8.77. The molecular weight excluding hydrogens is 376 g/mol. The first kappa shape index (κ1) is 19.9. The molecule has 2 aromatic rings. The van der Waals surface area contributed by atoms with E-state index in [0.29, 0.717) is 30.0 Å². The number of thioether (sulfide) groups is 1. The molecule has 3 rings (SSSR count). The Labute approximate surface area is 168 Å². The zero-order chi connectivity index (χ0) is 20.1. The average Bonchev–Trinajstić information content (AvgIpc) is 2.71. The number of amides is 3. The second-order valence-corrected chi connectivity index (χ2v) is 7.24. The molecule has 146 valence electrons. The largest absolute Gasteiger partial charge is 0.339 e. The number of nitrogens with one attached hydrogen (secondary N) is 1. The van der Waals surface area contributed by atoms with Crippen molar-refractivity contribution >= 4 is 40.9 Å². The van der Waals surface area contributed by atoms with Crippen LogP contribution in [0.4, 0.5) is 11.4 Å². The van der Waals surface area contributed by atoms with Crippen LogP contribution in [0.3, 0.4) is 0 Å². The van der Waals surface area contributed by atoms with E-state index in [9.17, 15) is 14.4 Å². The molecule has 0 atom stereocenters. The molecule has 1 N–H and O–H groups in total. The fourth-order valence-corrected chi connectivity index (χ4v) is 3.90. The lowest BCUT2D eigenvalue weighted by atomic mass is 10.1. The van der Waals surface area contributed by atoms with Crippen LogP contribution in [-0.2, 0) is 9.59 Å². The van der Waals surface area contributed by atoms with Gasteiger partial charge in [0.1, 0.15) is 6.54 Å². The van der Waals surface area contributed by atoms with Crippen molar-refractivity contribution in [3.05, 3.63) is 48.3 Å². The van der Waals surface area contributed by atoms with Crippen LogP contribution in [0.25, 0.3) is 0 Å². The number of aromatic nitrogens is 1. The molecule has 0 fully saturated rings. The number of carbonyl (C=O) groups is 3.